The summed E-state index contributed by atoms with van der Waals surface area (Å²) in [5.41, 5.74) is 0.228. The van der Waals surface area contributed by atoms with Crippen LogP contribution in [0.2, 0.25) is 0 Å². The molecule has 1 amide bonds. The maximum atomic E-state index is 14.1. The molecule has 2 aromatic rings. The quantitative estimate of drug-likeness (QED) is 0.849. The van der Waals surface area contributed by atoms with E-state index in [0.717, 1.165) is 6.07 Å². The summed E-state index contributed by atoms with van der Waals surface area (Å²) < 4.78 is 60.7. The number of benzene rings is 1. The van der Waals surface area contributed by atoms with Gasteiger partial charge in [0.15, 0.2) is 0 Å². The second-order valence-electron chi connectivity index (χ2n) is 5.51. The Balaban J connectivity index is 1.68. The SMILES string of the molecule is O=C(NCc1ccc(-c2noc(C(F)(F)F)n2)cc1F)C1CCOC1. The lowest BCUT2D eigenvalue weighted by Gasteiger charge is -2.10. The number of nitrogens with one attached hydrogen (secondary N) is 1. The lowest BCUT2D eigenvalue weighted by molar-refractivity contribution is -0.159. The van der Waals surface area contributed by atoms with E-state index < -0.39 is 17.9 Å². The molecule has 25 heavy (non-hydrogen) atoms. The molecule has 1 aliphatic heterocycles. The minimum Gasteiger partial charge on any atom is -0.381 e. The van der Waals surface area contributed by atoms with Crippen LogP contribution in [0.4, 0.5) is 17.6 Å². The summed E-state index contributed by atoms with van der Waals surface area (Å²) >= 11 is 0. The Morgan fingerprint density at radius 2 is 2.16 bits per heavy atom. The molecule has 1 N–H and O–H groups in total. The fourth-order valence-electron chi connectivity index (χ4n) is 2.35. The van der Waals surface area contributed by atoms with E-state index in [4.69, 9.17) is 4.74 Å². The molecular weight excluding hydrogens is 346 g/mol. The molecule has 0 radical (unpaired) electrons. The zero-order valence-electron chi connectivity index (χ0n) is 12.8. The summed E-state index contributed by atoms with van der Waals surface area (Å²) in [6, 6.07) is 3.69. The predicted molar refractivity (Wildman–Crippen MR) is 75.5 cm³/mol. The minimum atomic E-state index is -4.77. The van der Waals surface area contributed by atoms with Gasteiger partial charge in [-0.1, -0.05) is 17.3 Å². The maximum Gasteiger partial charge on any atom is 0.471 e. The van der Waals surface area contributed by atoms with Crippen molar-refractivity contribution in [2.45, 2.75) is 19.1 Å². The van der Waals surface area contributed by atoms with Gasteiger partial charge < -0.3 is 14.6 Å². The molecule has 1 unspecified atom stereocenters. The van der Waals surface area contributed by atoms with Crippen molar-refractivity contribution in [2.24, 2.45) is 5.92 Å². The third kappa shape index (κ3) is 3.95. The van der Waals surface area contributed by atoms with Crippen molar-refractivity contribution in [3.05, 3.63) is 35.5 Å². The molecule has 0 saturated carbocycles. The number of amides is 1. The van der Waals surface area contributed by atoms with Crippen LogP contribution in [0, 0.1) is 11.7 Å². The summed E-state index contributed by atoms with van der Waals surface area (Å²) in [6.45, 7) is 0.819. The van der Waals surface area contributed by atoms with Gasteiger partial charge in [0.05, 0.1) is 12.5 Å². The summed E-state index contributed by atoms with van der Waals surface area (Å²) in [5, 5.41) is 5.80. The molecule has 0 bridgehead atoms. The highest BCUT2D eigenvalue weighted by atomic mass is 19.4. The summed E-state index contributed by atoms with van der Waals surface area (Å²) in [5.74, 6) is -3.04. The van der Waals surface area contributed by atoms with E-state index in [1.54, 1.807) is 0 Å². The molecule has 1 aromatic heterocycles. The normalized spacial score (nSPS) is 17.7. The van der Waals surface area contributed by atoms with Crippen molar-refractivity contribution in [2.75, 3.05) is 13.2 Å². The predicted octanol–water partition coefficient (Wildman–Crippen LogP) is 2.55. The highest BCUT2D eigenvalue weighted by Gasteiger charge is 2.38. The number of carbonyl (C=O) groups excluding carboxylic acids is 1. The van der Waals surface area contributed by atoms with E-state index in [1.807, 2.05) is 0 Å². The molecule has 2 heterocycles. The van der Waals surface area contributed by atoms with Gasteiger partial charge in [-0.3, -0.25) is 4.79 Å². The second kappa shape index (κ2) is 6.79. The van der Waals surface area contributed by atoms with Crippen LogP contribution in [0.15, 0.2) is 22.7 Å². The Morgan fingerprint density at radius 1 is 1.36 bits per heavy atom. The molecule has 0 spiro atoms. The number of rotatable bonds is 4. The molecule has 1 saturated heterocycles. The van der Waals surface area contributed by atoms with Gasteiger partial charge in [-0.15, -0.1) is 0 Å². The van der Waals surface area contributed by atoms with Gasteiger partial charge in [-0.2, -0.15) is 18.2 Å². The molecule has 0 aliphatic carbocycles. The molecule has 3 rings (SSSR count). The number of halogens is 4. The van der Waals surface area contributed by atoms with Crippen LogP contribution in [0.1, 0.15) is 17.9 Å². The smallest absolute Gasteiger partial charge is 0.381 e. The lowest BCUT2D eigenvalue weighted by atomic mass is 10.1. The second-order valence-corrected chi connectivity index (χ2v) is 5.51. The van der Waals surface area contributed by atoms with Crippen LogP contribution in [0.5, 0.6) is 0 Å². The minimum absolute atomic E-state index is 0.0380. The molecule has 1 aliphatic rings. The van der Waals surface area contributed by atoms with Crippen LogP contribution in [0.25, 0.3) is 11.4 Å². The number of hydrogen-bond acceptors (Lipinski definition) is 5. The first-order chi connectivity index (χ1) is 11.8. The van der Waals surface area contributed by atoms with Crippen molar-refractivity contribution < 1.29 is 31.6 Å². The van der Waals surface area contributed by atoms with Gasteiger partial charge in [0.1, 0.15) is 5.82 Å². The highest BCUT2D eigenvalue weighted by molar-refractivity contribution is 5.79. The van der Waals surface area contributed by atoms with E-state index >= 15 is 0 Å². The Labute approximate surface area is 139 Å². The monoisotopic (exact) mass is 359 g/mol. The number of alkyl halides is 3. The fraction of sp³-hybridized carbons (Fsp3) is 0.400. The summed E-state index contributed by atoms with van der Waals surface area (Å²) in [6.07, 6.45) is -4.15. The number of hydrogen-bond donors (Lipinski definition) is 1. The van der Waals surface area contributed by atoms with E-state index in [0.29, 0.717) is 19.6 Å². The summed E-state index contributed by atoms with van der Waals surface area (Å²) in [7, 11) is 0. The van der Waals surface area contributed by atoms with Gasteiger partial charge in [0.25, 0.3) is 0 Å². The van der Waals surface area contributed by atoms with Gasteiger partial charge in [-0.25, -0.2) is 4.39 Å². The molecule has 1 atom stereocenters. The van der Waals surface area contributed by atoms with Crippen LogP contribution in [-0.2, 0) is 22.3 Å². The van der Waals surface area contributed by atoms with E-state index in [1.165, 1.54) is 12.1 Å². The van der Waals surface area contributed by atoms with Crippen molar-refractivity contribution >= 4 is 5.91 Å². The maximum absolute atomic E-state index is 14.1. The summed E-state index contributed by atoms with van der Waals surface area (Å²) in [4.78, 5) is 15.1. The Hall–Kier alpha value is -2.49. The first-order valence-corrected chi connectivity index (χ1v) is 7.40. The van der Waals surface area contributed by atoms with Crippen molar-refractivity contribution in [3.8, 4) is 11.4 Å². The van der Waals surface area contributed by atoms with Crippen molar-refractivity contribution in [1.82, 2.24) is 15.5 Å². The number of nitrogens with zero attached hydrogens (tertiary/aromatic N) is 2. The standard InChI is InChI=1S/C15H13F4N3O3/c16-11-5-8(12-21-14(25-22-12)15(17,18)19)1-2-9(11)6-20-13(23)10-3-4-24-7-10/h1-2,5,10H,3-4,6-7H2,(H,20,23). The van der Waals surface area contributed by atoms with Crippen LogP contribution >= 0.6 is 0 Å². The molecule has 10 heteroatoms. The van der Waals surface area contributed by atoms with Crippen LogP contribution < -0.4 is 5.32 Å². The Bertz CT molecular complexity index is 770. The fourth-order valence-corrected chi connectivity index (χ4v) is 2.35. The highest BCUT2D eigenvalue weighted by Crippen LogP contribution is 2.29. The van der Waals surface area contributed by atoms with E-state index in [-0.39, 0.29) is 35.3 Å². The molecule has 1 fully saturated rings. The van der Waals surface area contributed by atoms with Gasteiger partial charge >= 0.3 is 12.1 Å². The Morgan fingerprint density at radius 3 is 2.76 bits per heavy atom. The number of carbonyl (C=O) groups is 1. The van der Waals surface area contributed by atoms with Crippen LogP contribution in [0.3, 0.4) is 0 Å². The number of aromatic nitrogens is 2. The zero-order valence-corrected chi connectivity index (χ0v) is 12.8. The average molecular weight is 359 g/mol. The third-order valence-corrected chi connectivity index (χ3v) is 3.73. The lowest BCUT2D eigenvalue weighted by Crippen LogP contribution is -2.30. The molecule has 6 nitrogen and oxygen atoms in total. The molecule has 1 aromatic carbocycles. The van der Waals surface area contributed by atoms with Crippen molar-refractivity contribution in [1.29, 1.82) is 0 Å². The molecule has 134 valence electrons. The van der Waals surface area contributed by atoms with Crippen molar-refractivity contribution in [3.63, 3.8) is 0 Å². The zero-order chi connectivity index (χ0) is 18.0. The first kappa shape index (κ1) is 17.3. The van der Waals surface area contributed by atoms with Gasteiger partial charge in [0.2, 0.25) is 11.7 Å². The largest absolute Gasteiger partial charge is 0.471 e. The average Bonchev–Trinajstić information content (AvgIpc) is 3.24. The van der Waals surface area contributed by atoms with Gasteiger partial charge in [0, 0.05) is 24.3 Å². The van der Waals surface area contributed by atoms with E-state index in [9.17, 15) is 22.4 Å². The number of ether oxygens (including phenoxy) is 1. The Kier molecular flexibility index (Phi) is 4.71. The third-order valence-electron chi connectivity index (χ3n) is 3.73. The molecular formula is C15H13F4N3O3. The van der Waals surface area contributed by atoms with E-state index in [2.05, 4.69) is 20.0 Å². The topological polar surface area (TPSA) is 77.3 Å². The first-order valence-electron chi connectivity index (χ1n) is 7.40. The van der Waals surface area contributed by atoms with Gasteiger partial charge in [-0.05, 0) is 12.5 Å². The van der Waals surface area contributed by atoms with Crippen LogP contribution in [-0.4, -0.2) is 29.3 Å².